The van der Waals surface area contributed by atoms with Crippen molar-refractivity contribution in [3.8, 4) is 11.8 Å². The molecule has 1 aliphatic carbocycles. The van der Waals surface area contributed by atoms with Crippen LogP contribution in [-0.4, -0.2) is 21.8 Å². The molecule has 0 saturated heterocycles. The number of benzene rings is 3. The Labute approximate surface area is 202 Å². The van der Waals surface area contributed by atoms with Crippen LogP contribution in [0.25, 0.3) is 10.8 Å². The number of rotatable bonds is 5. The molecule has 0 radical (unpaired) electrons. The van der Waals surface area contributed by atoms with E-state index in [1.807, 2.05) is 60.7 Å². The number of fused-ring (bicyclic) bond motifs is 1. The summed E-state index contributed by atoms with van der Waals surface area (Å²) in [7, 11) is 0. The molecule has 3 aromatic carbocycles. The van der Waals surface area contributed by atoms with E-state index < -0.39 is 17.1 Å². The van der Waals surface area contributed by atoms with Gasteiger partial charge in [-0.25, -0.2) is 4.79 Å². The van der Waals surface area contributed by atoms with Gasteiger partial charge in [0.25, 0.3) is 5.91 Å². The zero-order valence-electron chi connectivity index (χ0n) is 19.2. The zero-order valence-corrected chi connectivity index (χ0v) is 19.2. The second-order valence-corrected chi connectivity index (χ2v) is 9.07. The summed E-state index contributed by atoms with van der Waals surface area (Å²) >= 11 is 0. The number of anilines is 1. The summed E-state index contributed by atoms with van der Waals surface area (Å²) in [6.45, 7) is 1.72. The van der Waals surface area contributed by atoms with Crippen LogP contribution in [0.4, 0.5) is 5.69 Å². The molecule has 2 N–H and O–H groups in total. The van der Waals surface area contributed by atoms with Gasteiger partial charge < -0.3 is 14.9 Å². The average Bonchev–Trinajstić information content (AvgIpc) is 3.66. The number of nitrogens with one attached hydrogen (secondary N) is 1. The highest BCUT2D eigenvalue weighted by atomic mass is 16.5. The van der Waals surface area contributed by atoms with Gasteiger partial charge in [-0.3, -0.25) is 4.79 Å². The van der Waals surface area contributed by atoms with Crippen molar-refractivity contribution in [1.29, 1.82) is 0 Å². The Morgan fingerprint density at radius 3 is 2.43 bits per heavy atom. The molecule has 1 aromatic heterocycles. The van der Waals surface area contributed by atoms with Crippen molar-refractivity contribution in [3.05, 3.63) is 106 Å². The van der Waals surface area contributed by atoms with E-state index in [9.17, 15) is 14.7 Å². The number of carbonyl (C=O) groups excluding carboxylic acids is 1. The number of carbonyl (C=O) groups is 1. The number of aliphatic hydroxyl groups is 1. The maximum atomic E-state index is 13.5. The van der Waals surface area contributed by atoms with Gasteiger partial charge in [0, 0.05) is 23.1 Å². The van der Waals surface area contributed by atoms with Crippen LogP contribution in [0.1, 0.15) is 36.1 Å². The van der Waals surface area contributed by atoms with Gasteiger partial charge >= 0.3 is 5.63 Å². The number of amides is 1. The maximum Gasteiger partial charge on any atom is 0.366 e. The van der Waals surface area contributed by atoms with Gasteiger partial charge in [0.2, 0.25) is 5.60 Å². The number of hydrogen-bond donors (Lipinski definition) is 2. The molecule has 1 aliphatic rings. The fourth-order valence-electron chi connectivity index (χ4n) is 4.42. The minimum Gasteiger partial charge on any atom is -0.369 e. The fraction of sp³-hybridized carbons (Fsp3) is 0.207. The van der Waals surface area contributed by atoms with E-state index >= 15 is 0 Å². The van der Waals surface area contributed by atoms with Gasteiger partial charge in [0.15, 0.2) is 0 Å². The lowest BCUT2D eigenvalue weighted by molar-refractivity contribution is -0.129. The SMILES string of the molecule is Cc1noc(=O)c2ccc(NC(=O)C(O)(C#Cc3ccccc3)CC3(c4ccccc4)CC3)cc12. The molecule has 0 spiro atoms. The van der Waals surface area contributed by atoms with Crippen LogP contribution < -0.4 is 10.9 Å². The van der Waals surface area contributed by atoms with E-state index in [0.29, 0.717) is 27.7 Å². The van der Waals surface area contributed by atoms with Gasteiger partial charge in [0.05, 0.1) is 11.1 Å². The summed E-state index contributed by atoms with van der Waals surface area (Å²) < 4.78 is 4.77. The number of aromatic nitrogens is 1. The summed E-state index contributed by atoms with van der Waals surface area (Å²) in [6.07, 6.45) is 1.92. The molecule has 6 nitrogen and oxygen atoms in total. The molecule has 1 atom stereocenters. The van der Waals surface area contributed by atoms with Crippen molar-refractivity contribution in [2.45, 2.75) is 37.2 Å². The molecule has 0 bridgehead atoms. The van der Waals surface area contributed by atoms with Crippen LogP contribution in [0.2, 0.25) is 0 Å². The first kappa shape index (κ1) is 22.6. The smallest absolute Gasteiger partial charge is 0.366 e. The summed E-state index contributed by atoms with van der Waals surface area (Å²) in [5.41, 5.74) is -0.0262. The molecular formula is C29H24N2O4. The van der Waals surface area contributed by atoms with Gasteiger partial charge in [-0.15, -0.1) is 0 Å². The highest BCUT2D eigenvalue weighted by molar-refractivity contribution is 6.01. The van der Waals surface area contributed by atoms with Crippen molar-refractivity contribution in [1.82, 2.24) is 5.16 Å². The normalized spacial score (nSPS) is 15.5. The molecule has 6 heteroatoms. The largest absolute Gasteiger partial charge is 0.369 e. The molecule has 5 rings (SSSR count). The predicted octanol–water partition coefficient (Wildman–Crippen LogP) is 4.34. The van der Waals surface area contributed by atoms with Crippen LogP contribution in [-0.2, 0) is 10.2 Å². The van der Waals surface area contributed by atoms with Crippen LogP contribution in [0.5, 0.6) is 0 Å². The molecule has 4 aromatic rings. The van der Waals surface area contributed by atoms with Crippen molar-refractivity contribution >= 4 is 22.4 Å². The predicted molar refractivity (Wildman–Crippen MR) is 134 cm³/mol. The van der Waals surface area contributed by atoms with Crippen molar-refractivity contribution in [2.24, 2.45) is 0 Å². The fourth-order valence-corrected chi connectivity index (χ4v) is 4.42. The van der Waals surface area contributed by atoms with Crippen molar-refractivity contribution in [3.63, 3.8) is 0 Å². The summed E-state index contributed by atoms with van der Waals surface area (Å²) in [6, 6.07) is 24.0. The van der Waals surface area contributed by atoms with Crippen molar-refractivity contribution < 1.29 is 14.4 Å². The van der Waals surface area contributed by atoms with E-state index in [1.165, 1.54) is 0 Å². The maximum absolute atomic E-state index is 13.5. The van der Waals surface area contributed by atoms with E-state index in [0.717, 1.165) is 18.4 Å². The third-order valence-corrected chi connectivity index (χ3v) is 6.55. The molecule has 1 amide bonds. The van der Waals surface area contributed by atoms with E-state index in [-0.39, 0.29) is 11.8 Å². The zero-order chi connectivity index (χ0) is 24.5. The van der Waals surface area contributed by atoms with Crippen LogP contribution >= 0.6 is 0 Å². The second kappa shape index (κ2) is 8.86. The molecule has 1 unspecified atom stereocenters. The topological polar surface area (TPSA) is 92.4 Å². The Morgan fingerprint density at radius 1 is 1.06 bits per heavy atom. The highest BCUT2D eigenvalue weighted by Gasteiger charge is 2.52. The van der Waals surface area contributed by atoms with E-state index in [1.54, 1.807) is 25.1 Å². The Morgan fingerprint density at radius 2 is 1.74 bits per heavy atom. The minimum atomic E-state index is -1.93. The average molecular weight is 465 g/mol. The number of aryl methyl sites for hydroxylation is 1. The third-order valence-electron chi connectivity index (χ3n) is 6.55. The van der Waals surface area contributed by atoms with Crippen LogP contribution in [0, 0.1) is 18.8 Å². The lowest BCUT2D eigenvalue weighted by Crippen LogP contribution is -2.44. The van der Waals surface area contributed by atoms with Gasteiger partial charge in [-0.2, -0.15) is 0 Å². The number of nitrogens with zero attached hydrogens (tertiary/aromatic N) is 1. The second-order valence-electron chi connectivity index (χ2n) is 9.07. The first-order valence-electron chi connectivity index (χ1n) is 11.5. The van der Waals surface area contributed by atoms with Gasteiger partial charge in [-0.1, -0.05) is 65.5 Å². The van der Waals surface area contributed by atoms with Crippen LogP contribution in [0.15, 0.2) is 88.2 Å². The highest BCUT2D eigenvalue weighted by Crippen LogP contribution is 2.53. The number of hydrogen-bond acceptors (Lipinski definition) is 5. The Hall–Kier alpha value is -4.21. The molecule has 1 heterocycles. The molecule has 1 saturated carbocycles. The van der Waals surface area contributed by atoms with Gasteiger partial charge in [0.1, 0.15) is 0 Å². The molecule has 0 aliphatic heterocycles. The van der Waals surface area contributed by atoms with E-state index in [4.69, 9.17) is 4.52 Å². The lowest BCUT2D eigenvalue weighted by atomic mass is 9.82. The summed E-state index contributed by atoms with van der Waals surface area (Å²) in [5, 5.41) is 19.2. The minimum absolute atomic E-state index is 0.174. The standard InChI is InChI=1S/C29H24N2O4/c1-20-25-18-23(12-13-24(25)26(32)35-31-20)30-27(33)29(34,15-14-21-8-4-2-5-9-21)19-28(16-17-28)22-10-6-3-7-11-22/h2-13,18,34H,16-17,19H2,1H3,(H,30,33). The summed E-state index contributed by atoms with van der Waals surface area (Å²) in [4.78, 5) is 25.5. The molecule has 1 fully saturated rings. The van der Waals surface area contributed by atoms with Gasteiger partial charge in [-0.05, 0) is 61.1 Å². The third kappa shape index (κ3) is 4.59. The van der Waals surface area contributed by atoms with Crippen LogP contribution in [0.3, 0.4) is 0 Å². The monoisotopic (exact) mass is 464 g/mol. The molecular weight excluding hydrogens is 440 g/mol. The Balaban J connectivity index is 1.50. The molecule has 174 valence electrons. The first-order chi connectivity index (χ1) is 16.9. The lowest BCUT2D eigenvalue weighted by Gasteiger charge is -2.27. The summed E-state index contributed by atoms with van der Waals surface area (Å²) in [5.74, 6) is 5.23. The van der Waals surface area contributed by atoms with E-state index in [2.05, 4.69) is 22.3 Å². The Bertz CT molecular complexity index is 1510. The molecule has 35 heavy (non-hydrogen) atoms. The Kier molecular flexibility index (Phi) is 5.72. The quantitative estimate of drug-likeness (QED) is 0.429. The first-order valence-corrected chi connectivity index (χ1v) is 11.5. The van der Waals surface area contributed by atoms with Crippen molar-refractivity contribution in [2.75, 3.05) is 5.32 Å².